The molecular weight excluding hydrogens is 426 g/mol. The predicted octanol–water partition coefficient (Wildman–Crippen LogP) is 3.27. The maximum Gasteiger partial charge on any atom is 0.274 e. The van der Waals surface area contributed by atoms with E-state index in [0.29, 0.717) is 18.1 Å². The Morgan fingerprint density at radius 3 is 2.75 bits per heavy atom. The molecule has 0 aliphatic heterocycles. The van der Waals surface area contributed by atoms with E-state index in [2.05, 4.69) is 41.6 Å². The summed E-state index contributed by atoms with van der Waals surface area (Å²) in [5.74, 6) is 1.32. The first-order valence-electron chi connectivity index (χ1n) is 8.33. The third-order valence-electron chi connectivity index (χ3n) is 3.72. The zero-order valence-corrected chi connectivity index (χ0v) is 16.9. The van der Waals surface area contributed by atoms with E-state index in [0.717, 1.165) is 15.6 Å². The fraction of sp³-hybridized carbons (Fsp3) is 0.158. The number of methoxy groups -OCH3 is 1. The summed E-state index contributed by atoms with van der Waals surface area (Å²) in [5, 5.41) is 11.6. The number of hydrogen-bond donors (Lipinski definition) is 2. The molecule has 0 radical (unpaired) electrons. The van der Waals surface area contributed by atoms with Gasteiger partial charge in [0.2, 0.25) is 5.95 Å². The number of anilines is 1. The summed E-state index contributed by atoms with van der Waals surface area (Å²) in [4.78, 5) is 14.0. The number of benzene rings is 2. The summed E-state index contributed by atoms with van der Waals surface area (Å²) in [6.45, 7) is 1.99. The average molecular weight is 444 g/mol. The Hall–Kier alpha value is -3.20. The van der Waals surface area contributed by atoms with Gasteiger partial charge in [0.05, 0.1) is 17.8 Å². The Morgan fingerprint density at radius 1 is 1.25 bits per heavy atom. The van der Waals surface area contributed by atoms with E-state index in [1.807, 2.05) is 36.4 Å². The Kier molecular flexibility index (Phi) is 6.38. The number of hydrazone groups is 1. The number of nitrogens with one attached hydrogen (secondary N) is 2. The van der Waals surface area contributed by atoms with Crippen molar-refractivity contribution in [3.05, 3.63) is 74.1 Å². The van der Waals surface area contributed by atoms with Crippen LogP contribution in [0.15, 0.2) is 56.8 Å². The summed E-state index contributed by atoms with van der Waals surface area (Å²) < 4.78 is 12.1. The lowest BCUT2D eigenvalue weighted by Crippen LogP contribution is -2.15. The molecule has 0 unspecified atom stereocenters. The van der Waals surface area contributed by atoms with Crippen LogP contribution in [0.3, 0.4) is 0 Å². The zero-order valence-electron chi connectivity index (χ0n) is 15.3. The van der Waals surface area contributed by atoms with Gasteiger partial charge in [-0.25, -0.2) is 5.43 Å². The highest BCUT2D eigenvalue weighted by atomic mass is 79.9. The molecule has 0 saturated carbocycles. The topological polar surface area (TPSA) is 101 Å². The van der Waals surface area contributed by atoms with Crippen LogP contribution in [0, 0.1) is 6.92 Å². The van der Waals surface area contributed by atoms with Crippen molar-refractivity contribution in [2.75, 3.05) is 12.5 Å². The molecule has 0 fully saturated rings. The summed E-state index contributed by atoms with van der Waals surface area (Å²) in [5.41, 5.74) is 4.41. The fourth-order valence-corrected chi connectivity index (χ4v) is 2.87. The molecule has 0 amide bonds. The van der Waals surface area contributed by atoms with Crippen molar-refractivity contribution >= 4 is 28.1 Å². The van der Waals surface area contributed by atoms with Gasteiger partial charge in [-0.15, -0.1) is 10.2 Å². The number of halogens is 1. The average Bonchev–Trinajstić information content (AvgIpc) is 2.70. The lowest BCUT2D eigenvalue weighted by atomic mass is 10.2. The molecule has 1 heterocycles. The maximum absolute atomic E-state index is 11.5. The van der Waals surface area contributed by atoms with Crippen LogP contribution < -0.4 is 20.5 Å². The molecule has 8 nitrogen and oxygen atoms in total. The van der Waals surface area contributed by atoms with Crippen LogP contribution in [0.25, 0.3) is 0 Å². The summed E-state index contributed by atoms with van der Waals surface area (Å²) in [6.07, 6.45) is 1.56. The summed E-state index contributed by atoms with van der Waals surface area (Å²) >= 11 is 3.51. The van der Waals surface area contributed by atoms with E-state index in [9.17, 15) is 4.79 Å². The maximum atomic E-state index is 11.5. The van der Waals surface area contributed by atoms with Gasteiger partial charge in [-0.2, -0.15) is 5.10 Å². The lowest BCUT2D eigenvalue weighted by molar-refractivity contribution is 0.282. The van der Waals surface area contributed by atoms with E-state index in [-0.39, 0.29) is 17.2 Å². The molecule has 144 valence electrons. The molecule has 2 aromatic carbocycles. The van der Waals surface area contributed by atoms with Crippen LogP contribution in [0.4, 0.5) is 5.95 Å². The molecule has 1 aromatic heterocycles. The highest BCUT2D eigenvalue weighted by Gasteiger charge is 2.11. The number of H-pyrrole nitrogens is 1. The highest BCUT2D eigenvalue weighted by molar-refractivity contribution is 9.10. The molecule has 0 bridgehead atoms. The fourth-order valence-electron chi connectivity index (χ4n) is 2.30. The second-order valence-electron chi connectivity index (χ2n) is 5.77. The minimum absolute atomic E-state index is 0.153. The number of hydrogen-bond acceptors (Lipinski definition) is 7. The Labute approximate surface area is 169 Å². The second-order valence-corrected chi connectivity index (χ2v) is 6.62. The van der Waals surface area contributed by atoms with Gasteiger partial charge in [0, 0.05) is 0 Å². The van der Waals surface area contributed by atoms with E-state index >= 15 is 0 Å². The molecular formula is C19H18BrN5O3. The number of rotatable bonds is 7. The van der Waals surface area contributed by atoms with Crippen molar-refractivity contribution in [1.82, 2.24) is 15.2 Å². The molecule has 0 aliphatic carbocycles. The number of nitrogens with zero attached hydrogens (tertiary/aromatic N) is 3. The van der Waals surface area contributed by atoms with Gasteiger partial charge in [0.25, 0.3) is 5.56 Å². The van der Waals surface area contributed by atoms with E-state index in [1.54, 1.807) is 26.3 Å². The van der Waals surface area contributed by atoms with Crippen LogP contribution in [-0.4, -0.2) is 28.5 Å². The third kappa shape index (κ3) is 4.95. The molecule has 9 heteroatoms. The molecule has 3 aromatic rings. The Morgan fingerprint density at radius 2 is 2.04 bits per heavy atom. The van der Waals surface area contributed by atoms with Gasteiger partial charge in [0.1, 0.15) is 12.3 Å². The molecule has 3 rings (SSSR count). The molecule has 28 heavy (non-hydrogen) atoms. The van der Waals surface area contributed by atoms with Crippen molar-refractivity contribution in [3.63, 3.8) is 0 Å². The minimum Gasteiger partial charge on any atom is -0.493 e. The van der Waals surface area contributed by atoms with E-state index < -0.39 is 0 Å². The predicted molar refractivity (Wildman–Crippen MR) is 110 cm³/mol. The van der Waals surface area contributed by atoms with Gasteiger partial charge in [-0.3, -0.25) is 9.78 Å². The quantitative estimate of drug-likeness (QED) is 0.429. The molecule has 2 N–H and O–H groups in total. The first-order chi connectivity index (χ1) is 13.6. The third-order valence-corrected chi connectivity index (χ3v) is 4.31. The monoisotopic (exact) mass is 443 g/mol. The van der Waals surface area contributed by atoms with Crippen LogP contribution in [-0.2, 0) is 6.61 Å². The van der Waals surface area contributed by atoms with Gasteiger partial charge < -0.3 is 9.47 Å². The summed E-state index contributed by atoms with van der Waals surface area (Å²) in [7, 11) is 1.57. The van der Waals surface area contributed by atoms with Crippen LogP contribution in [0.1, 0.15) is 16.8 Å². The van der Waals surface area contributed by atoms with Crippen LogP contribution >= 0.6 is 15.9 Å². The standard InChI is InChI=1S/C19H18BrN5O3/c1-12-18(26)22-19(25-23-12)24-21-10-14-8-15(20)17(16(9-14)27-2)28-11-13-6-4-3-5-7-13/h3-10H,11H2,1-2H3,(H2,22,24,25,26). The van der Waals surface area contributed by atoms with Crippen molar-refractivity contribution in [2.24, 2.45) is 5.10 Å². The normalized spacial score (nSPS) is 10.8. The number of ether oxygens (including phenoxy) is 2. The number of aromatic nitrogens is 3. The van der Waals surface area contributed by atoms with Crippen molar-refractivity contribution < 1.29 is 9.47 Å². The Bertz CT molecular complexity index is 1040. The highest BCUT2D eigenvalue weighted by Crippen LogP contribution is 2.36. The first kappa shape index (κ1) is 19.6. The van der Waals surface area contributed by atoms with Crippen molar-refractivity contribution in [2.45, 2.75) is 13.5 Å². The van der Waals surface area contributed by atoms with Crippen molar-refractivity contribution in [3.8, 4) is 11.5 Å². The van der Waals surface area contributed by atoms with Crippen LogP contribution in [0.5, 0.6) is 11.5 Å². The molecule has 0 saturated heterocycles. The van der Waals surface area contributed by atoms with Gasteiger partial charge in [0.15, 0.2) is 11.5 Å². The molecule has 0 atom stereocenters. The molecule has 0 spiro atoms. The van der Waals surface area contributed by atoms with E-state index in [4.69, 9.17) is 9.47 Å². The first-order valence-corrected chi connectivity index (χ1v) is 9.13. The van der Waals surface area contributed by atoms with Crippen LogP contribution in [0.2, 0.25) is 0 Å². The minimum atomic E-state index is -0.322. The molecule has 0 aliphatic rings. The second kappa shape index (κ2) is 9.14. The zero-order chi connectivity index (χ0) is 19.9. The Balaban J connectivity index is 1.72. The van der Waals surface area contributed by atoms with Gasteiger partial charge >= 0.3 is 0 Å². The van der Waals surface area contributed by atoms with Gasteiger partial charge in [-0.1, -0.05) is 30.3 Å². The smallest absolute Gasteiger partial charge is 0.274 e. The summed E-state index contributed by atoms with van der Waals surface area (Å²) in [6, 6.07) is 13.5. The SMILES string of the molecule is COc1cc(C=NNc2nnc(C)c(=O)[nH]2)cc(Br)c1OCc1ccccc1. The van der Waals surface area contributed by atoms with Gasteiger partial charge in [-0.05, 0) is 46.1 Å². The van der Waals surface area contributed by atoms with Crippen molar-refractivity contribution in [1.29, 1.82) is 0 Å². The lowest BCUT2D eigenvalue weighted by Gasteiger charge is -2.13. The largest absolute Gasteiger partial charge is 0.493 e. The van der Waals surface area contributed by atoms with E-state index in [1.165, 1.54) is 0 Å². The number of aromatic amines is 1. The number of aryl methyl sites for hydroxylation is 1.